The van der Waals surface area contributed by atoms with Crippen LogP contribution in [-0.4, -0.2) is 30.5 Å². The molecule has 1 aromatic carbocycles. The Balaban J connectivity index is 2.04. The second kappa shape index (κ2) is 7.10. The van der Waals surface area contributed by atoms with E-state index in [0.717, 1.165) is 30.8 Å². The van der Waals surface area contributed by atoms with Gasteiger partial charge in [-0.3, -0.25) is 4.68 Å². The molecule has 2 rings (SSSR count). The van der Waals surface area contributed by atoms with E-state index in [1.165, 1.54) is 5.56 Å². The van der Waals surface area contributed by atoms with E-state index >= 15 is 0 Å². The molecule has 0 spiro atoms. The van der Waals surface area contributed by atoms with Gasteiger partial charge >= 0.3 is 0 Å². The van der Waals surface area contributed by atoms with E-state index in [2.05, 4.69) is 28.6 Å². The van der Waals surface area contributed by atoms with E-state index in [0.29, 0.717) is 5.92 Å². The molecule has 0 bridgehead atoms. The topological polar surface area (TPSA) is 39.1 Å². The number of nitrogens with zero attached hydrogens (tertiary/aromatic N) is 2. The minimum absolute atomic E-state index is 0.530. The zero-order valence-electron chi connectivity index (χ0n) is 12.5. The number of rotatable bonds is 7. The molecule has 0 amide bonds. The van der Waals surface area contributed by atoms with Gasteiger partial charge in [-0.15, -0.1) is 0 Å². The summed E-state index contributed by atoms with van der Waals surface area (Å²) < 4.78 is 7.15. The standard InChI is InChI=1S/C16H23N3O/c1-17-12-14(10-15-7-8-19(2)18-15)9-13-5-4-6-16(11-13)20-3/h4-8,11,14,17H,9-10,12H2,1-3H3. The maximum atomic E-state index is 5.29. The van der Waals surface area contributed by atoms with Gasteiger partial charge in [0.1, 0.15) is 5.75 Å². The van der Waals surface area contributed by atoms with Crippen LogP contribution in [0, 0.1) is 5.92 Å². The SMILES string of the molecule is CNCC(Cc1cccc(OC)c1)Cc1ccn(C)n1. The van der Waals surface area contributed by atoms with Crippen LogP contribution >= 0.6 is 0 Å². The monoisotopic (exact) mass is 273 g/mol. The zero-order valence-corrected chi connectivity index (χ0v) is 12.5. The van der Waals surface area contributed by atoms with Gasteiger partial charge in [-0.05, 0) is 56.1 Å². The minimum Gasteiger partial charge on any atom is -0.497 e. The van der Waals surface area contributed by atoms with Crippen molar-refractivity contribution < 1.29 is 4.74 Å². The van der Waals surface area contributed by atoms with Gasteiger partial charge in [0.05, 0.1) is 12.8 Å². The van der Waals surface area contributed by atoms with Gasteiger partial charge in [-0.25, -0.2) is 0 Å². The van der Waals surface area contributed by atoms with E-state index in [1.807, 2.05) is 37.1 Å². The number of ether oxygens (including phenoxy) is 1. The molecule has 0 saturated heterocycles. The van der Waals surface area contributed by atoms with Gasteiger partial charge in [0.2, 0.25) is 0 Å². The molecule has 4 nitrogen and oxygen atoms in total. The largest absolute Gasteiger partial charge is 0.497 e. The molecule has 0 radical (unpaired) electrons. The molecular weight excluding hydrogens is 250 g/mol. The lowest BCUT2D eigenvalue weighted by Gasteiger charge is -2.16. The minimum atomic E-state index is 0.530. The van der Waals surface area contributed by atoms with Crippen LogP contribution in [0.4, 0.5) is 0 Å². The summed E-state index contributed by atoms with van der Waals surface area (Å²) in [6, 6.07) is 10.4. The fourth-order valence-electron chi connectivity index (χ4n) is 2.51. The van der Waals surface area contributed by atoms with Crippen molar-refractivity contribution in [2.75, 3.05) is 20.7 Å². The van der Waals surface area contributed by atoms with Gasteiger partial charge < -0.3 is 10.1 Å². The van der Waals surface area contributed by atoms with Crippen molar-refractivity contribution in [2.24, 2.45) is 13.0 Å². The molecular formula is C16H23N3O. The molecule has 20 heavy (non-hydrogen) atoms. The lowest BCUT2D eigenvalue weighted by atomic mass is 9.94. The first-order valence-corrected chi connectivity index (χ1v) is 6.97. The van der Waals surface area contributed by atoms with Crippen LogP contribution in [0.15, 0.2) is 36.5 Å². The molecule has 1 aromatic heterocycles. The second-order valence-corrected chi connectivity index (χ2v) is 5.16. The van der Waals surface area contributed by atoms with Crippen LogP contribution < -0.4 is 10.1 Å². The molecule has 2 aromatic rings. The first-order valence-electron chi connectivity index (χ1n) is 6.97. The highest BCUT2D eigenvalue weighted by atomic mass is 16.5. The third-order valence-electron chi connectivity index (χ3n) is 3.42. The van der Waals surface area contributed by atoms with Crippen LogP contribution in [0.25, 0.3) is 0 Å². The summed E-state index contributed by atoms with van der Waals surface area (Å²) in [6.45, 7) is 0.980. The highest BCUT2D eigenvalue weighted by molar-refractivity contribution is 5.28. The smallest absolute Gasteiger partial charge is 0.119 e. The number of benzene rings is 1. The Kier molecular flexibility index (Phi) is 5.18. The lowest BCUT2D eigenvalue weighted by molar-refractivity contribution is 0.413. The van der Waals surface area contributed by atoms with E-state index < -0.39 is 0 Å². The van der Waals surface area contributed by atoms with Crippen LogP contribution in [0.5, 0.6) is 5.75 Å². The summed E-state index contributed by atoms with van der Waals surface area (Å²) in [7, 11) is 5.66. The lowest BCUT2D eigenvalue weighted by Crippen LogP contribution is -2.23. The van der Waals surface area contributed by atoms with E-state index in [-0.39, 0.29) is 0 Å². The third kappa shape index (κ3) is 4.10. The zero-order chi connectivity index (χ0) is 14.4. The highest BCUT2D eigenvalue weighted by Crippen LogP contribution is 2.18. The molecule has 1 atom stereocenters. The first-order chi connectivity index (χ1) is 9.71. The normalized spacial score (nSPS) is 12.3. The fraction of sp³-hybridized carbons (Fsp3) is 0.438. The predicted molar refractivity (Wildman–Crippen MR) is 81.0 cm³/mol. The quantitative estimate of drug-likeness (QED) is 0.839. The van der Waals surface area contributed by atoms with Crippen molar-refractivity contribution in [2.45, 2.75) is 12.8 Å². The Labute approximate surface area is 120 Å². The number of nitrogens with one attached hydrogen (secondary N) is 1. The number of methoxy groups -OCH3 is 1. The maximum Gasteiger partial charge on any atom is 0.119 e. The summed E-state index contributed by atoms with van der Waals surface area (Å²) in [5.74, 6) is 1.45. The Morgan fingerprint density at radius 2 is 2.15 bits per heavy atom. The average Bonchev–Trinajstić information content (AvgIpc) is 2.84. The van der Waals surface area contributed by atoms with Crippen LogP contribution in [0.1, 0.15) is 11.3 Å². The van der Waals surface area contributed by atoms with E-state index in [4.69, 9.17) is 4.74 Å². The van der Waals surface area contributed by atoms with E-state index in [1.54, 1.807) is 7.11 Å². The Bertz CT molecular complexity index is 536. The van der Waals surface area contributed by atoms with Crippen molar-refractivity contribution >= 4 is 0 Å². The van der Waals surface area contributed by atoms with E-state index in [9.17, 15) is 0 Å². The molecule has 4 heteroatoms. The highest BCUT2D eigenvalue weighted by Gasteiger charge is 2.12. The van der Waals surface area contributed by atoms with Crippen molar-refractivity contribution in [1.82, 2.24) is 15.1 Å². The van der Waals surface area contributed by atoms with Gasteiger partial charge in [0.15, 0.2) is 0 Å². The average molecular weight is 273 g/mol. The van der Waals surface area contributed by atoms with Crippen molar-refractivity contribution in [1.29, 1.82) is 0 Å². The number of aryl methyl sites for hydroxylation is 1. The summed E-state index contributed by atoms with van der Waals surface area (Å²) in [4.78, 5) is 0. The molecule has 0 aliphatic heterocycles. The summed E-state index contributed by atoms with van der Waals surface area (Å²) in [6.07, 6.45) is 4.00. The van der Waals surface area contributed by atoms with Crippen molar-refractivity contribution in [3.05, 3.63) is 47.8 Å². The van der Waals surface area contributed by atoms with Crippen molar-refractivity contribution in [3.8, 4) is 5.75 Å². The Morgan fingerprint density at radius 1 is 1.30 bits per heavy atom. The van der Waals surface area contributed by atoms with Gasteiger partial charge in [-0.1, -0.05) is 12.1 Å². The summed E-state index contributed by atoms with van der Waals surface area (Å²) >= 11 is 0. The van der Waals surface area contributed by atoms with Gasteiger partial charge in [0, 0.05) is 13.2 Å². The number of aromatic nitrogens is 2. The number of hydrogen-bond acceptors (Lipinski definition) is 3. The Morgan fingerprint density at radius 3 is 2.80 bits per heavy atom. The third-order valence-corrected chi connectivity index (χ3v) is 3.42. The molecule has 0 saturated carbocycles. The molecule has 0 fully saturated rings. The molecule has 0 aliphatic rings. The summed E-state index contributed by atoms with van der Waals surface area (Å²) in [5, 5.41) is 7.75. The van der Waals surface area contributed by atoms with Crippen LogP contribution in [-0.2, 0) is 19.9 Å². The molecule has 1 unspecified atom stereocenters. The van der Waals surface area contributed by atoms with Gasteiger partial charge in [0.25, 0.3) is 0 Å². The first kappa shape index (κ1) is 14.6. The Hall–Kier alpha value is -1.81. The second-order valence-electron chi connectivity index (χ2n) is 5.16. The molecule has 1 N–H and O–H groups in total. The van der Waals surface area contributed by atoms with Crippen molar-refractivity contribution in [3.63, 3.8) is 0 Å². The molecule has 0 aliphatic carbocycles. The summed E-state index contributed by atoms with van der Waals surface area (Å²) in [5.41, 5.74) is 2.45. The van der Waals surface area contributed by atoms with Gasteiger partial charge in [-0.2, -0.15) is 5.10 Å². The predicted octanol–water partition coefficient (Wildman–Crippen LogP) is 2.05. The maximum absolute atomic E-state index is 5.29. The van der Waals surface area contributed by atoms with Crippen LogP contribution in [0.3, 0.4) is 0 Å². The molecule has 1 heterocycles. The fourth-order valence-corrected chi connectivity index (χ4v) is 2.51. The number of hydrogen-bond donors (Lipinski definition) is 1. The van der Waals surface area contributed by atoms with Crippen LogP contribution in [0.2, 0.25) is 0 Å². The molecule has 108 valence electrons.